The van der Waals surface area contributed by atoms with Gasteiger partial charge in [-0.2, -0.15) is 0 Å². The van der Waals surface area contributed by atoms with Crippen molar-refractivity contribution in [2.24, 2.45) is 5.92 Å². The molecule has 0 bridgehead atoms. The van der Waals surface area contributed by atoms with Gasteiger partial charge in [0.25, 0.3) is 0 Å². The van der Waals surface area contributed by atoms with Crippen LogP contribution in [0.3, 0.4) is 0 Å². The molecule has 1 atom stereocenters. The number of aromatic nitrogens is 1. The number of fused-ring (bicyclic) bond motifs is 1. The van der Waals surface area contributed by atoms with Gasteiger partial charge in [0.1, 0.15) is 0 Å². The largest absolute Gasteiger partial charge is 0.325 e. The number of aryl methyl sites for hydroxylation is 1. The van der Waals surface area contributed by atoms with E-state index in [2.05, 4.69) is 10.0 Å². The van der Waals surface area contributed by atoms with Crippen LogP contribution in [0.1, 0.15) is 32.8 Å². The fourth-order valence-electron chi connectivity index (χ4n) is 3.15. The van der Waals surface area contributed by atoms with Gasteiger partial charge < -0.3 is 5.32 Å². The van der Waals surface area contributed by atoms with E-state index in [0.717, 1.165) is 21.5 Å². The molecular weight excluding hydrogens is 442 g/mol. The van der Waals surface area contributed by atoms with Crippen LogP contribution in [0.25, 0.3) is 10.9 Å². The minimum atomic E-state index is -3.56. The molecule has 2 aromatic carbocycles. The molecule has 0 spiro atoms. The number of benzene rings is 2. The van der Waals surface area contributed by atoms with E-state index >= 15 is 0 Å². The Morgan fingerprint density at radius 2 is 1.78 bits per heavy atom. The zero-order valence-electron chi connectivity index (χ0n) is 18.8. The zero-order valence-corrected chi connectivity index (χ0v) is 20.4. The van der Waals surface area contributed by atoms with E-state index in [4.69, 9.17) is 4.98 Å². The third-order valence-corrected chi connectivity index (χ3v) is 7.66. The highest BCUT2D eigenvalue weighted by atomic mass is 32.2. The van der Waals surface area contributed by atoms with E-state index in [9.17, 15) is 13.2 Å². The lowest BCUT2D eigenvalue weighted by Crippen LogP contribution is -2.27. The minimum absolute atomic E-state index is 0.140. The van der Waals surface area contributed by atoms with Crippen molar-refractivity contribution in [3.63, 3.8) is 0 Å². The number of sulfonamides is 1. The minimum Gasteiger partial charge on any atom is -0.325 e. The number of nitrogens with zero attached hydrogens (tertiary/aromatic N) is 1. The maximum Gasteiger partial charge on any atom is 0.240 e. The molecule has 2 N–H and O–H groups in total. The van der Waals surface area contributed by atoms with Gasteiger partial charge in [0, 0.05) is 17.6 Å². The Morgan fingerprint density at radius 3 is 2.44 bits per heavy atom. The molecule has 1 heterocycles. The van der Waals surface area contributed by atoms with Gasteiger partial charge in [0.2, 0.25) is 15.9 Å². The molecule has 0 aliphatic rings. The van der Waals surface area contributed by atoms with Gasteiger partial charge in [-0.05, 0) is 61.2 Å². The number of para-hydroxylation sites is 1. The summed E-state index contributed by atoms with van der Waals surface area (Å²) in [4.78, 5) is 17.7. The Morgan fingerprint density at radius 1 is 1.09 bits per heavy atom. The topological polar surface area (TPSA) is 88.2 Å². The number of carbonyl (C=O) groups excluding carboxylic acids is 1. The Bertz CT molecular complexity index is 1190. The molecule has 32 heavy (non-hydrogen) atoms. The summed E-state index contributed by atoms with van der Waals surface area (Å²) in [6.45, 7) is 8.26. The number of hydrogen-bond donors (Lipinski definition) is 2. The lowest BCUT2D eigenvalue weighted by Gasteiger charge is -2.15. The van der Waals surface area contributed by atoms with Crippen LogP contribution >= 0.6 is 11.8 Å². The highest BCUT2D eigenvalue weighted by Gasteiger charge is 2.20. The van der Waals surface area contributed by atoms with Crippen molar-refractivity contribution in [3.05, 3.63) is 60.2 Å². The standard InChI is InChI=1S/C24H29N3O3S2/c1-5-22(31-23-14-17(4)20-8-6-7-9-21(20)27-23)24(28)26-18-10-12-19(13-11-18)32(29,30)25-15-16(2)3/h6-14,16,22,25H,5,15H2,1-4H3,(H,26,28). The third-order valence-electron chi connectivity index (χ3n) is 4.94. The van der Waals surface area contributed by atoms with E-state index < -0.39 is 10.0 Å². The van der Waals surface area contributed by atoms with Crippen molar-refractivity contribution in [3.8, 4) is 0 Å². The van der Waals surface area contributed by atoms with Crippen LogP contribution in [0.2, 0.25) is 0 Å². The molecule has 3 rings (SSSR count). The monoisotopic (exact) mass is 471 g/mol. The molecule has 0 fully saturated rings. The number of pyridine rings is 1. The lowest BCUT2D eigenvalue weighted by molar-refractivity contribution is -0.115. The summed E-state index contributed by atoms with van der Waals surface area (Å²) in [5.74, 6) is 0.0753. The van der Waals surface area contributed by atoms with Crippen molar-refractivity contribution in [1.82, 2.24) is 9.71 Å². The quantitative estimate of drug-likeness (QED) is 0.430. The van der Waals surface area contributed by atoms with Gasteiger partial charge >= 0.3 is 0 Å². The van der Waals surface area contributed by atoms with Crippen molar-refractivity contribution >= 4 is 44.3 Å². The van der Waals surface area contributed by atoms with E-state index in [1.807, 2.05) is 58.0 Å². The van der Waals surface area contributed by atoms with Crippen LogP contribution in [-0.4, -0.2) is 31.1 Å². The SMILES string of the molecule is CCC(Sc1cc(C)c2ccccc2n1)C(=O)Nc1ccc(S(=O)(=O)NCC(C)C)cc1. The second kappa shape index (κ2) is 10.5. The summed E-state index contributed by atoms with van der Waals surface area (Å²) in [5.41, 5.74) is 2.59. The zero-order chi connectivity index (χ0) is 23.3. The molecule has 0 aliphatic carbocycles. The van der Waals surface area contributed by atoms with E-state index in [1.165, 1.54) is 23.9 Å². The number of anilines is 1. The van der Waals surface area contributed by atoms with Gasteiger partial charge in [-0.1, -0.05) is 50.7 Å². The van der Waals surface area contributed by atoms with Gasteiger partial charge in [-0.25, -0.2) is 18.1 Å². The first-order valence-electron chi connectivity index (χ1n) is 10.6. The molecule has 0 aliphatic heterocycles. The highest BCUT2D eigenvalue weighted by Crippen LogP contribution is 2.29. The van der Waals surface area contributed by atoms with E-state index in [1.54, 1.807) is 12.1 Å². The van der Waals surface area contributed by atoms with Crippen LogP contribution in [0.15, 0.2) is 64.5 Å². The van der Waals surface area contributed by atoms with Gasteiger partial charge in [0.05, 0.1) is 20.7 Å². The number of rotatable bonds is 9. The van der Waals surface area contributed by atoms with E-state index in [-0.39, 0.29) is 22.0 Å². The second-order valence-corrected chi connectivity index (χ2v) is 11.1. The average Bonchev–Trinajstić information content (AvgIpc) is 2.76. The smallest absolute Gasteiger partial charge is 0.240 e. The molecule has 0 saturated carbocycles. The van der Waals surface area contributed by atoms with Gasteiger partial charge in [-0.15, -0.1) is 0 Å². The van der Waals surface area contributed by atoms with Crippen LogP contribution < -0.4 is 10.0 Å². The molecule has 8 heteroatoms. The molecule has 6 nitrogen and oxygen atoms in total. The molecule has 1 unspecified atom stereocenters. The summed E-state index contributed by atoms with van der Waals surface area (Å²) in [5, 5.41) is 4.48. The Kier molecular flexibility index (Phi) is 7.92. The number of thioether (sulfide) groups is 1. The Labute approximate surface area is 194 Å². The normalized spacial score (nSPS) is 12.8. The lowest BCUT2D eigenvalue weighted by atomic mass is 10.1. The van der Waals surface area contributed by atoms with E-state index in [0.29, 0.717) is 18.7 Å². The molecule has 170 valence electrons. The van der Waals surface area contributed by atoms with Crippen molar-refractivity contribution in [2.45, 2.75) is 49.3 Å². The molecule has 1 aromatic heterocycles. The average molecular weight is 472 g/mol. The predicted molar refractivity (Wildman–Crippen MR) is 132 cm³/mol. The Balaban J connectivity index is 1.69. The number of amides is 1. The van der Waals surface area contributed by atoms with Crippen LogP contribution in [0, 0.1) is 12.8 Å². The van der Waals surface area contributed by atoms with Crippen molar-refractivity contribution < 1.29 is 13.2 Å². The maximum atomic E-state index is 12.9. The maximum absolute atomic E-state index is 12.9. The summed E-state index contributed by atoms with van der Waals surface area (Å²) in [7, 11) is -3.56. The number of hydrogen-bond acceptors (Lipinski definition) is 5. The molecule has 0 saturated heterocycles. The fourth-order valence-corrected chi connectivity index (χ4v) is 5.38. The highest BCUT2D eigenvalue weighted by molar-refractivity contribution is 8.00. The predicted octanol–water partition coefficient (Wildman–Crippen LogP) is 4.99. The summed E-state index contributed by atoms with van der Waals surface area (Å²) in [6.07, 6.45) is 0.635. The fraction of sp³-hybridized carbons (Fsp3) is 0.333. The molecule has 0 radical (unpaired) electrons. The summed E-state index contributed by atoms with van der Waals surface area (Å²) in [6, 6.07) is 16.2. The van der Waals surface area contributed by atoms with Crippen LogP contribution in [-0.2, 0) is 14.8 Å². The first-order chi connectivity index (χ1) is 15.2. The van der Waals surface area contributed by atoms with Gasteiger partial charge in [0.15, 0.2) is 0 Å². The second-order valence-electron chi connectivity index (χ2n) is 8.07. The van der Waals surface area contributed by atoms with Crippen molar-refractivity contribution in [1.29, 1.82) is 0 Å². The first-order valence-corrected chi connectivity index (χ1v) is 13.0. The molecule has 1 amide bonds. The van der Waals surface area contributed by atoms with Crippen LogP contribution in [0.4, 0.5) is 5.69 Å². The molecular formula is C24H29N3O3S2. The third kappa shape index (κ3) is 6.09. The summed E-state index contributed by atoms with van der Waals surface area (Å²) >= 11 is 1.43. The molecule has 3 aromatic rings. The van der Waals surface area contributed by atoms with Crippen molar-refractivity contribution in [2.75, 3.05) is 11.9 Å². The number of carbonyl (C=O) groups is 1. The Hall–Kier alpha value is -2.42. The van der Waals surface area contributed by atoms with Crippen LogP contribution in [0.5, 0.6) is 0 Å². The number of nitrogens with one attached hydrogen (secondary N) is 2. The first kappa shape index (κ1) is 24.2. The summed E-state index contributed by atoms with van der Waals surface area (Å²) < 4.78 is 27.3. The van der Waals surface area contributed by atoms with Gasteiger partial charge in [-0.3, -0.25) is 4.79 Å².